The van der Waals surface area contributed by atoms with Gasteiger partial charge in [0.25, 0.3) is 0 Å². The van der Waals surface area contributed by atoms with E-state index in [9.17, 15) is 13.2 Å². The SMILES string of the molecule is Cc1ccc(S(=O)(=O)N2CCN(C=O)CC2)cc1Cl. The van der Waals surface area contributed by atoms with Crippen LogP contribution in [0.3, 0.4) is 0 Å². The molecule has 0 unspecified atom stereocenters. The molecule has 1 aliphatic heterocycles. The van der Waals surface area contributed by atoms with E-state index < -0.39 is 10.0 Å². The molecule has 0 aliphatic carbocycles. The number of amides is 1. The van der Waals surface area contributed by atoms with E-state index in [0.29, 0.717) is 31.2 Å². The van der Waals surface area contributed by atoms with Crippen LogP contribution in [0.25, 0.3) is 0 Å². The number of nitrogens with zero attached hydrogens (tertiary/aromatic N) is 2. The number of halogens is 1. The molecule has 19 heavy (non-hydrogen) atoms. The Morgan fingerprint density at radius 1 is 1.21 bits per heavy atom. The summed E-state index contributed by atoms with van der Waals surface area (Å²) in [5.74, 6) is 0. The van der Waals surface area contributed by atoms with E-state index in [2.05, 4.69) is 0 Å². The first-order valence-corrected chi connectivity index (χ1v) is 7.72. The van der Waals surface area contributed by atoms with Crippen LogP contribution in [-0.2, 0) is 14.8 Å². The number of piperazine rings is 1. The molecule has 1 aliphatic rings. The van der Waals surface area contributed by atoms with Crippen LogP contribution in [0.1, 0.15) is 5.56 Å². The monoisotopic (exact) mass is 302 g/mol. The molecule has 1 saturated heterocycles. The zero-order valence-electron chi connectivity index (χ0n) is 10.5. The standard InChI is InChI=1S/C12H15ClN2O3S/c1-10-2-3-11(8-12(10)13)19(17,18)15-6-4-14(9-16)5-7-15/h2-3,8-9H,4-7H2,1H3. The van der Waals surface area contributed by atoms with Gasteiger partial charge < -0.3 is 4.90 Å². The highest BCUT2D eigenvalue weighted by Gasteiger charge is 2.28. The number of carbonyl (C=O) groups excluding carboxylic acids is 1. The quantitative estimate of drug-likeness (QED) is 0.786. The molecule has 104 valence electrons. The van der Waals surface area contributed by atoms with Crippen molar-refractivity contribution in [2.75, 3.05) is 26.2 Å². The van der Waals surface area contributed by atoms with Gasteiger partial charge in [-0.25, -0.2) is 8.42 Å². The van der Waals surface area contributed by atoms with Crippen molar-refractivity contribution in [3.05, 3.63) is 28.8 Å². The topological polar surface area (TPSA) is 57.7 Å². The van der Waals surface area contributed by atoms with Gasteiger partial charge in [-0.1, -0.05) is 17.7 Å². The molecule has 1 aromatic rings. The molecule has 7 heteroatoms. The van der Waals surface area contributed by atoms with E-state index in [1.807, 2.05) is 6.92 Å². The van der Waals surface area contributed by atoms with Gasteiger partial charge in [-0.3, -0.25) is 4.79 Å². The molecule has 1 fully saturated rings. The normalized spacial score (nSPS) is 17.5. The highest BCUT2D eigenvalue weighted by molar-refractivity contribution is 7.89. The second-order valence-corrected chi connectivity index (χ2v) is 6.80. The second-order valence-electron chi connectivity index (χ2n) is 4.46. The van der Waals surface area contributed by atoms with Crippen molar-refractivity contribution in [1.82, 2.24) is 9.21 Å². The van der Waals surface area contributed by atoms with Gasteiger partial charge in [-0.05, 0) is 24.6 Å². The van der Waals surface area contributed by atoms with Gasteiger partial charge in [0.1, 0.15) is 0 Å². The molecular formula is C12H15ClN2O3S. The molecule has 0 saturated carbocycles. The number of benzene rings is 1. The van der Waals surface area contributed by atoms with E-state index in [4.69, 9.17) is 11.6 Å². The van der Waals surface area contributed by atoms with E-state index >= 15 is 0 Å². The molecule has 1 heterocycles. The van der Waals surface area contributed by atoms with E-state index in [-0.39, 0.29) is 4.90 Å². The zero-order chi connectivity index (χ0) is 14.0. The third-order valence-corrected chi connectivity index (χ3v) is 5.51. The lowest BCUT2D eigenvalue weighted by atomic mass is 10.2. The summed E-state index contributed by atoms with van der Waals surface area (Å²) in [6.07, 6.45) is 0.743. The molecule has 1 aromatic carbocycles. The van der Waals surface area contributed by atoms with Crippen molar-refractivity contribution in [1.29, 1.82) is 0 Å². The van der Waals surface area contributed by atoms with Gasteiger partial charge in [-0.2, -0.15) is 4.31 Å². The summed E-state index contributed by atoms with van der Waals surface area (Å²) in [5, 5.41) is 0.438. The van der Waals surface area contributed by atoms with Crippen LogP contribution in [0.5, 0.6) is 0 Å². The lowest BCUT2D eigenvalue weighted by molar-refractivity contribution is -0.119. The summed E-state index contributed by atoms with van der Waals surface area (Å²) in [4.78, 5) is 12.4. The molecular weight excluding hydrogens is 288 g/mol. The van der Waals surface area contributed by atoms with Crippen LogP contribution in [0.4, 0.5) is 0 Å². The van der Waals surface area contributed by atoms with Crippen molar-refractivity contribution in [3.63, 3.8) is 0 Å². The number of rotatable bonds is 3. The van der Waals surface area contributed by atoms with Gasteiger partial charge in [0.15, 0.2) is 0 Å². The Balaban J connectivity index is 2.23. The molecule has 0 spiro atoms. The lowest BCUT2D eigenvalue weighted by Gasteiger charge is -2.31. The summed E-state index contributed by atoms with van der Waals surface area (Å²) in [6, 6.07) is 4.72. The van der Waals surface area contributed by atoms with E-state index in [1.54, 1.807) is 17.0 Å². The fourth-order valence-electron chi connectivity index (χ4n) is 1.93. The Hall–Kier alpha value is -1.11. The molecule has 0 aromatic heterocycles. The predicted octanol–water partition coefficient (Wildman–Crippen LogP) is 1.11. The molecule has 0 bridgehead atoms. The largest absolute Gasteiger partial charge is 0.343 e. The van der Waals surface area contributed by atoms with Crippen molar-refractivity contribution >= 4 is 28.0 Å². The zero-order valence-corrected chi connectivity index (χ0v) is 12.1. The minimum absolute atomic E-state index is 0.197. The van der Waals surface area contributed by atoms with Crippen LogP contribution in [0, 0.1) is 6.92 Å². The summed E-state index contributed by atoms with van der Waals surface area (Å²) < 4.78 is 26.2. The van der Waals surface area contributed by atoms with Gasteiger partial charge in [0.05, 0.1) is 4.90 Å². The summed E-state index contributed by atoms with van der Waals surface area (Å²) in [6.45, 7) is 3.28. The molecule has 0 atom stereocenters. The number of hydrogen-bond acceptors (Lipinski definition) is 3. The van der Waals surface area contributed by atoms with Crippen LogP contribution >= 0.6 is 11.6 Å². The summed E-state index contributed by atoms with van der Waals surface area (Å²) in [7, 11) is -3.53. The van der Waals surface area contributed by atoms with E-state index in [0.717, 1.165) is 12.0 Å². The van der Waals surface area contributed by atoms with Crippen molar-refractivity contribution in [2.45, 2.75) is 11.8 Å². The maximum absolute atomic E-state index is 12.4. The minimum Gasteiger partial charge on any atom is -0.343 e. The molecule has 0 N–H and O–H groups in total. The number of sulfonamides is 1. The number of hydrogen-bond donors (Lipinski definition) is 0. The smallest absolute Gasteiger partial charge is 0.243 e. The lowest BCUT2D eigenvalue weighted by Crippen LogP contribution is -2.47. The van der Waals surface area contributed by atoms with Crippen molar-refractivity contribution in [2.24, 2.45) is 0 Å². The number of carbonyl (C=O) groups is 1. The molecule has 2 rings (SSSR count). The number of aryl methyl sites for hydroxylation is 1. The van der Waals surface area contributed by atoms with Gasteiger partial charge >= 0.3 is 0 Å². The Kier molecular flexibility index (Phi) is 4.13. The highest BCUT2D eigenvalue weighted by Crippen LogP contribution is 2.23. The first kappa shape index (κ1) is 14.3. The third kappa shape index (κ3) is 2.91. The predicted molar refractivity (Wildman–Crippen MR) is 72.6 cm³/mol. The highest BCUT2D eigenvalue weighted by atomic mass is 35.5. The Bertz CT molecular complexity index is 581. The fourth-order valence-corrected chi connectivity index (χ4v) is 3.63. The third-order valence-electron chi connectivity index (χ3n) is 3.20. The van der Waals surface area contributed by atoms with Crippen molar-refractivity contribution < 1.29 is 13.2 Å². The average Bonchev–Trinajstić information content (AvgIpc) is 2.41. The van der Waals surface area contributed by atoms with Crippen LogP contribution in [0.15, 0.2) is 23.1 Å². The summed E-state index contributed by atoms with van der Waals surface area (Å²) in [5.41, 5.74) is 0.839. The first-order valence-electron chi connectivity index (χ1n) is 5.91. The Morgan fingerprint density at radius 2 is 1.84 bits per heavy atom. The maximum Gasteiger partial charge on any atom is 0.243 e. The van der Waals surface area contributed by atoms with Gasteiger partial charge in [-0.15, -0.1) is 0 Å². The Morgan fingerprint density at radius 3 is 2.37 bits per heavy atom. The van der Waals surface area contributed by atoms with E-state index in [1.165, 1.54) is 10.4 Å². The fraction of sp³-hybridized carbons (Fsp3) is 0.417. The maximum atomic E-state index is 12.4. The van der Waals surface area contributed by atoms with Crippen LogP contribution in [0.2, 0.25) is 5.02 Å². The van der Waals surface area contributed by atoms with Crippen LogP contribution < -0.4 is 0 Å². The van der Waals surface area contributed by atoms with Crippen LogP contribution in [-0.4, -0.2) is 50.2 Å². The van der Waals surface area contributed by atoms with Crippen molar-refractivity contribution in [3.8, 4) is 0 Å². The van der Waals surface area contributed by atoms with Gasteiger partial charge in [0.2, 0.25) is 16.4 Å². The summed E-state index contributed by atoms with van der Waals surface area (Å²) >= 11 is 5.97. The minimum atomic E-state index is -3.53. The second kappa shape index (κ2) is 5.48. The van der Waals surface area contributed by atoms with Gasteiger partial charge in [0, 0.05) is 31.2 Å². The average molecular weight is 303 g/mol. The molecule has 1 amide bonds. The molecule has 5 nitrogen and oxygen atoms in total. The Labute approximate surface area is 117 Å². The first-order chi connectivity index (χ1) is 8.95. The molecule has 0 radical (unpaired) electrons.